The van der Waals surface area contributed by atoms with E-state index in [9.17, 15) is 17.6 Å². The summed E-state index contributed by atoms with van der Waals surface area (Å²) in [6, 6.07) is 12.4. The summed E-state index contributed by atoms with van der Waals surface area (Å²) in [7, 11) is -3.50. The number of benzene rings is 2. The Bertz CT molecular complexity index is 1120. The van der Waals surface area contributed by atoms with Gasteiger partial charge in [-0.25, -0.2) is 12.8 Å². The third-order valence-corrected chi connectivity index (χ3v) is 7.81. The summed E-state index contributed by atoms with van der Waals surface area (Å²) in [5.41, 5.74) is 0.487. The standard InChI is InChI=1S/C20H19FN2O3S2/c21-17-5-4-6-18-16(17)13-19(27-18)20(24)22-14-7-9-15(10-8-14)28(25,26)23-11-2-1-3-12-23/h4-10,13H,1-3,11-12H2,(H,22,24). The zero-order valence-corrected chi connectivity index (χ0v) is 16.7. The van der Waals surface area contributed by atoms with Gasteiger partial charge in [-0.05, 0) is 55.3 Å². The summed E-state index contributed by atoms with van der Waals surface area (Å²) in [6.07, 6.45) is 2.81. The maximum absolute atomic E-state index is 13.8. The molecule has 1 N–H and O–H groups in total. The molecule has 3 aromatic rings. The lowest BCUT2D eigenvalue weighted by atomic mass is 10.2. The predicted molar refractivity (Wildman–Crippen MR) is 109 cm³/mol. The lowest BCUT2D eigenvalue weighted by Gasteiger charge is -2.25. The monoisotopic (exact) mass is 418 g/mol. The molecule has 8 heteroatoms. The lowest BCUT2D eigenvalue weighted by molar-refractivity contribution is 0.103. The Kier molecular flexibility index (Phi) is 5.18. The molecular weight excluding hydrogens is 399 g/mol. The summed E-state index contributed by atoms with van der Waals surface area (Å²) in [4.78, 5) is 13.1. The number of fused-ring (bicyclic) bond motifs is 1. The molecule has 1 amide bonds. The van der Waals surface area contributed by atoms with Crippen molar-refractivity contribution < 1.29 is 17.6 Å². The Morgan fingerprint density at radius 2 is 1.75 bits per heavy atom. The summed E-state index contributed by atoms with van der Waals surface area (Å²) in [6.45, 7) is 1.09. The molecule has 4 rings (SSSR count). The van der Waals surface area contributed by atoms with Gasteiger partial charge in [-0.3, -0.25) is 4.79 Å². The Labute approximate surface area is 166 Å². The first kappa shape index (κ1) is 19.0. The molecule has 0 unspecified atom stereocenters. The van der Waals surface area contributed by atoms with Crippen molar-refractivity contribution in [3.8, 4) is 0 Å². The number of carbonyl (C=O) groups is 1. The molecule has 2 aromatic carbocycles. The largest absolute Gasteiger partial charge is 0.321 e. The number of hydrogen-bond acceptors (Lipinski definition) is 4. The van der Waals surface area contributed by atoms with Crippen LogP contribution in [0.3, 0.4) is 0 Å². The second-order valence-corrected chi connectivity index (χ2v) is 9.73. The second-order valence-electron chi connectivity index (χ2n) is 6.71. The molecular formula is C20H19FN2O3S2. The van der Waals surface area contributed by atoms with Crippen molar-refractivity contribution in [2.24, 2.45) is 0 Å². The molecule has 1 fully saturated rings. The van der Waals surface area contributed by atoms with Crippen LogP contribution in [0.2, 0.25) is 0 Å². The topological polar surface area (TPSA) is 66.5 Å². The quantitative estimate of drug-likeness (QED) is 0.680. The van der Waals surface area contributed by atoms with Crippen LogP contribution < -0.4 is 5.32 Å². The van der Waals surface area contributed by atoms with Gasteiger partial charge in [-0.2, -0.15) is 4.31 Å². The Hall–Kier alpha value is -2.29. The highest BCUT2D eigenvalue weighted by Crippen LogP contribution is 2.28. The van der Waals surface area contributed by atoms with Gasteiger partial charge in [-0.15, -0.1) is 11.3 Å². The van der Waals surface area contributed by atoms with E-state index in [2.05, 4.69) is 5.32 Å². The van der Waals surface area contributed by atoms with E-state index in [4.69, 9.17) is 0 Å². The first-order chi connectivity index (χ1) is 13.4. The third kappa shape index (κ3) is 3.67. The van der Waals surface area contributed by atoms with Crippen LogP contribution in [0.25, 0.3) is 10.1 Å². The van der Waals surface area contributed by atoms with E-state index in [0.717, 1.165) is 19.3 Å². The van der Waals surface area contributed by atoms with Crippen LogP contribution in [0.5, 0.6) is 0 Å². The number of nitrogens with zero attached hydrogens (tertiary/aromatic N) is 1. The molecule has 146 valence electrons. The van der Waals surface area contributed by atoms with Gasteiger partial charge in [0.15, 0.2) is 0 Å². The zero-order chi connectivity index (χ0) is 19.7. The molecule has 0 atom stereocenters. The van der Waals surface area contributed by atoms with Crippen molar-refractivity contribution in [2.75, 3.05) is 18.4 Å². The van der Waals surface area contributed by atoms with Crippen LogP contribution in [0.4, 0.5) is 10.1 Å². The minimum absolute atomic E-state index is 0.219. The lowest BCUT2D eigenvalue weighted by Crippen LogP contribution is -2.35. The number of sulfonamides is 1. The molecule has 0 radical (unpaired) electrons. The van der Waals surface area contributed by atoms with Gasteiger partial charge in [0, 0.05) is 28.9 Å². The number of thiophene rings is 1. The normalized spacial score (nSPS) is 15.6. The molecule has 0 saturated carbocycles. The molecule has 0 aliphatic carbocycles. The highest BCUT2D eigenvalue weighted by atomic mass is 32.2. The molecule has 5 nitrogen and oxygen atoms in total. The van der Waals surface area contributed by atoms with Crippen LogP contribution in [-0.4, -0.2) is 31.7 Å². The Morgan fingerprint density at radius 1 is 1.04 bits per heavy atom. The van der Waals surface area contributed by atoms with Crippen molar-refractivity contribution in [1.29, 1.82) is 0 Å². The summed E-state index contributed by atoms with van der Waals surface area (Å²) in [5.74, 6) is -0.715. The van der Waals surface area contributed by atoms with Crippen molar-refractivity contribution in [3.05, 3.63) is 59.2 Å². The highest BCUT2D eigenvalue weighted by molar-refractivity contribution is 7.89. The number of halogens is 1. The van der Waals surface area contributed by atoms with E-state index in [1.807, 2.05) is 0 Å². The Balaban J connectivity index is 1.50. The van der Waals surface area contributed by atoms with Crippen molar-refractivity contribution in [1.82, 2.24) is 4.31 Å². The van der Waals surface area contributed by atoms with Gasteiger partial charge in [0.25, 0.3) is 5.91 Å². The Morgan fingerprint density at radius 3 is 2.43 bits per heavy atom. The maximum atomic E-state index is 13.8. The molecule has 1 aliphatic heterocycles. The molecule has 2 heterocycles. The van der Waals surface area contributed by atoms with Gasteiger partial charge in [0.05, 0.1) is 9.77 Å². The number of piperidine rings is 1. The average Bonchev–Trinajstić information content (AvgIpc) is 3.15. The number of hydrogen-bond donors (Lipinski definition) is 1. The number of carbonyl (C=O) groups excluding carboxylic acids is 1. The van der Waals surface area contributed by atoms with Gasteiger partial charge < -0.3 is 5.32 Å². The first-order valence-corrected chi connectivity index (χ1v) is 11.3. The van der Waals surface area contributed by atoms with E-state index >= 15 is 0 Å². The van der Waals surface area contributed by atoms with Crippen LogP contribution in [-0.2, 0) is 10.0 Å². The molecule has 1 aromatic heterocycles. The maximum Gasteiger partial charge on any atom is 0.265 e. The molecule has 28 heavy (non-hydrogen) atoms. The zero-order valence-electron chi connectivity index (χ0n) is 15.0. The van der Waals surface area contributed by atoms with Gasteiger partial charge in [0.1, 0.15) is 5.82 Å². The van der Waals surface area contributed by atoms with E-state index in [1.165, 1.54) is 39.9 Å². The minimum Gasteiger partial charge on any atom is -0.321 e. The number of rotatable bonds is 4. The molecule has 0 spiro atoms. The average molecular weight is 419 g/mol. The molecule has 0 bridgehead atoms. The number of nitrogens with one attached hydrogen (secondary N) is 1. The first-order valence-electron chi connectivity index (χ1n) is 9.05. The fraction of sp³-hybridized carbons (Fsp3) is 0.250. The fourth-order valence-corrected chi connectivity index (χ4v) is 5.78. The third-order valence-electron chi connectivity index (χ3n) is 4.80. The van der Waals surface area contributed by atoms with Gasteiger partial charge in [0.2, 0.25) is 10.0 Å². The number of amides is 1. The predicted octanol–water partition coefficient (Wildman–Crippen LogP) is 4.47. The highest BCUT2D eigenvalue weighted by Gasteiger charge is 2.25. The number of anilines is 1. The SMILES string of the molecule is O=C(Nc1ccc(S(=O)(=O)N2CCCCC2)cc1)c1cc2c(F)cccc2s1. The van der Waals surface area contributed by atoms with E-state index in [0.29, 0.717) is 33.7 Å². The van der Waals surface area contributed by atoms with Gasteiger partial charge in [-0.1, -0.05) is 12.5 Å². The van der Waals surface area contributed by atoms with Crippen LogP contribution in [0, 0.1) is 5.82 Å². The fourth-order valence-electron chi connectivity index (χ4n) is 3.29. The minimum atomic E-state index is -3.50. The molecule has 1 saturated heterocycles. The van der Waals surface area contributed by atoms with Crippen LogP contribution in [0.1, 0.15) is 28.9 Å². The van der Waals surface area contributed by atoms with Crippen LogP contribution in [0.15, 0.2) is 53.4 Å². The van der Waals surface area contributed by atoms with Gasteiger partial charge >= 0.3 is 0 Å². The van der Waals surface area contributed by atoms with E-state index in [1.54, 1.807) is 24.3 Å². The smallest absolute Gasteiger partial charge is 0.265 e. The summed E-state index contributed by atoms with van der Waals surface area (Å²) < 4.78 is 41.4. The van der Waals surface area contributed by atoms with Crippen LogP contribution >= 0.6 is 11.3 Å². The van der Waals surface area contributed by atoms with Crippen molar-refractivity contribution in [3.63, 3.8) is 0 Å². The second kappa shape index (κ2) is 7.62. The van der Waals surface area contributed by atoms with Crippen molar-refractivity contribution >= 4 is 43.0 Å². The summed E-state index contributed by atoms with van der Waals surface area (Å²) in [5, 5.41) is 3.15. The van der Waals surface area contributed by atoms with Crippen molar-refractivity contribution in [2.45, 2.75) is 24.2 Å². The molecule has 1 aliphatic rings. The van der Waals surface area contributed by atoms with E-state index < -0.39 is 10.0 Å². The summed E-state index contributed by atoms with van der Waals surface area (Å²) >= 11 is 1.21. The van der Waals surface area contributed by atoms with E-state index in [-0.39, 0.29) is 16.6 Å².